The average molecular weight is 278 g/mol. The first-order valence-electron chi connectivity index (χ1n) is 5.58. The van der Waals surface area contributed by atoms with Crippen molar-refractivity contribution in [2.24, 2.45) is 0 Å². The second-order valence-electron chi connectivity index (χ2n) is 4.02. The van der Waals surface area contributed by atoms with E-state index in [0.29, 0.717) is 5.69 Å². The molecule has 1 atom stereocenters. The molecule has 1 aromatic rings. The van der Waals surface area contributed by atoms with Crippen molar-refractivity contribution in [1.82, 2.24) is 5.32 Å². The Morgan fingerprint density at radius 2 is 1.84 bits per heavy atom. The predicted molar refractivity (Wildman–Crippen MR) is 63.5 cm³/mol. The van der Waals surface area contributed by atoms with E-state index >= 15 is 0 Å². The Bertz CT molecular complexity index is 411. The topological polar surface area (TPSA) is 41.1 Å². The van der Waals surface area contributed by atoms with Gasteiger partial charge < -0.3 is 10.6 Å². The first kappa shape index (κ1) is 15.4. The lowest BCUT2D eigenvalue weighted by molar-refractivity contribution is -0.129. The normalized spacial score (nSPS) is 13.4. The maximum Gasteiger partial charge on any atom is 0.319 e. The van der Waals surface area contributed by atoms with Crippen LogP contribution in [0.15, 0.2) is 30.3 Å². The van der Waals surface area contributed by atoms with Gasteiger partial charge in [0.1, 0.15) is 0 Å². The average Bonchev–Trinajstić information content (AvgIpc) is 2.37. The lowest BCUT2D eigenvalue weighted by Gasteiger charge is -2.19. The van der Waals surface area contributed by atoms with Crippen molar-refractivity contribution < 1.29 is 22.4 Å². The summed E-state index contributed by atoms with van der Waals surface area (Å²) in [5.74, 6) is -4.72. The molecule has 3 nitrogen and oxygen atoms in total. The van der Waals surface area contributed by atoms with E-state index in [1.807, 2.05) is 0 Å². The van der Waals surface area contributed by atoms with Crippen LogP contribution in [0.25, 0.3) is 0 Å². The largest absolute Gasteiger partial charge is 0.325 e. The van der Waals surface area contributed by atoms with Crippen LogP contribution in [-0.4, -0.2) is 30.8 Å². The minimum Gasteiger partial charge on any atom is -0.325 e. The molecule has 19 heavy (non-hydrogen) atoms. The van der Waals surface area contributed by atoms with Gasteiger partial charge in [-0.3, -0.25) is 4.79 Å². The molecule has 1 aromatic carbocycles. The summed E-state index contributed by atoms with van der Waals surface area (Å²) in [5, 5.41) is 4.56. The van der Waals surface area contributed by atoms with E-state index in [0.717, 1.165) is 0 Å². The zero-order valence-electron chi connectivity index (χ0n) is 10.2. The van der Waals surface area contributed by atoms with Crippen molar-refractivity contribution in [3.63, 3.8) is 0 Å². The number of nitrogens with one attached hydrogen (secondary N) is 2. The number of hydrogen-bond donors (Lipinski definition) is 2. The van der Waals surface area contributed by atoms with Gasteiger partial charge in [0, 0.05) is 5.69 Å². The number of alkyl halides is 4. The van der Waals surface area contributed by atoms with Gasteiger partial charge in [0.05, 0.1) is 12.6 Å². The highest BCUT2D eigenvalue weighted by atomic mass is 19.3. The van der Waals surface area contributed by atoms with Gasteiger partial charge in [-0.15, -0.1) is 0 Å². The number of hydrogen-bond acceptors (Lipinski definition) is 2. The quantitative estimate of drug-likeness (QED) is 0.785. The summed E-state index contributed by atoms with van der Waals surface area (Å²) < 4.78 is 49.1. The van der Waals surface area contributed by atoms with Crippen LogP contribution < -0.4 is 10.6 Å². The van der Waals surface area contributed by atoms with Gasteiger partial charge in [0.25, 0.3) is 0 Å². The van der Waals surface area contributed by atoms with E-state index in [1.165, 1.54) is 6.92 Å². The Hall–Kier alpha value is -1.63. The van der Waals surface area contributed by atoms with Gasteiger partial charge in [-0.25, -0.2) is 8.78 Å². The third-order valence-electron chi connectivity index (χ3n) is 2.40. The monoisotopic (exact) mass is 278 g/mol. The molecule has 0 saturated heterocycles. The standard InChI is InChI=1S/C12H14F4N2O/c1-8(17-7-12(15,16)11(13)14)10(19)18-9-5-3-2-4-6-9/h2-6,8,11,17H,7H2,1H3,(H,18,19). The van der Waals surface area contributed by atoms with Crippen LogP contribution >= 0.6 is 0 Å². The van der Waals surface area contributed by atoms with Gasteiger partial charge >= 0.3 is 12.3 Å². The fraction of sp³-hybridized carbons (Fsp3) is 0.417. The number of amides is 1. The van der Waals surface area contributed by atoms with Crippen molar-refractivity contribution in [2.45, 2.75) is 25.3 Å². The number of rotatable bonds is 6. The van der Waals surface area contributed by atoms with Crippen molar-refractivity contribution in [3.05, 3.63) is 30.3 Å². The van der Waals surface area contributed by atoms with E-state index < -0.39 is 30.8 Å². The molecule has 0 bridgehead atoms. The molecule has 1 amide bonds. The first-order valence-corrected chi connectivity index (χ1v) is 5.58. The summed E-state index contributed by atoms with van der Waals surface area (Å²) in [6.07, 6.45) is -3.76. The van der Waals surface area contributed by atoms with E-state index in [4.69, 9.17) is 0 Å². The number of anilines is 1. The molecule has 0 aliphatic carbocycles. The van der Waals surface area contributed by atoms with Gasteiger partial charge in [-0.2, -0.15) is 8.78 Å². The predicted octanol–water partition coefficient (Wildman–Crippen LogP) is 2.50. The molecule has 0 spiro atoms. The fourth-order valence-corrected chi connectivity index (χ4v) is 1.23. The smallest absolute Gasteiger partial charge is 0.319 e. The SMILES string of the molecule is CC(NCC(F)(F)C(F)F)C(=O)Nc1ccccc1. The summed E-state index contributed by atoms with van der Waals surface area (Å²) >= 11 is 0. The molecule has 106 valence electrons. The van der Waals surface area contributed by atoms with Crippen LogP contribution in [0.2, 0.25) is 0 Å². The Kier molecular flexibility index (Phi) is 5.29. The lowest BCUT2D eigenvalue weighted by atomic mass is 10.2. The Balaban J connectivity index is 2.46. The minimum absolute atomic E-state index is 0.502. The second kappa shape index (κ2) is 6.51. The fourth-order valence-electron chi connectivity index (χ4n) is 1.23. The Labute approximate surface area is 108 Å². The Morgan fingerprint density at radius 1 is 1.26 bits per heavy atom. The molecule has 2 N–H and O–H groups in total. The number of para-hydroxylation sites is 1. The number of carbonyl (C=O) groups excluding carboxylic acids is 1. The van der Waals surface area contributed by atoms with Gasteiger partial charge in [-0.1, -0.05) is 18.2 Å². The lowest BCUT2D eigenvalue weighted by Crippen LogP contribution is -2.46. The first-order chi connectivity index (χ1) is 8.83. The summed E-state index contributed by atoms with van der Waals surface area (Å²) in [5.41, 5.74) is 0.502. The molecule has 1 rings (SSSR count). The maximum absolute atomic E-state index is 12.7. The van der Waals surface area contributed by atoms with Gasteiger partial charge in [0.2, 0.25) is 5.91 Å². The number of carbonyl (C=O) groups is 1. The van der Waals surface area contributed by atoms with Crippen LogP contribution in [0.3, 0.4) is 0 Å². The third-order valence-corrected chi connectivity index (χ3v) is 2.40. The van der Waals surface area contributed by atoms with Crippen LogP contribution in [-0.2, 0) is 4.79 Å². The van der Waals surface area contributed by atoms with Crippen LogP contribution in [0.5, 0.6) is 0 Å². The molecule has 7 heteroatoms. The van der Waals surface area contributed by atoms with Crippen molar-refractivity contribution in [1.29, 1.82) is 0 Å². The van der Waals surface area contributed by atoms with E-state index in [1.54, 1.807) is 30.3 Å². The molecule has 0 aliphatic rings. The van der Waals surface area contributed by atoms with Gasteiger partial charge in [-0.05, 0) is 19.1 Å². The summed E-state index contributed by atoms with van der Waals surface area (Å²) in [7, 11) is 0. The molecule has 0 aromatic heterocycles. The van der Waals surface area contributed by atoms with Gasteiger partial charge in [0.15, 0.2) is 0 Å². The van der Waals surface area contributed by atoms with E-state index in [9.17, 15) is 22.4 Å². The highest BCUT2D eigenvalue weighted by Gasteiger charge is 2.40. The molecular formula is C12H14F4N2O. The minimum atomic E-state index is -4.15. The van der Waals surface area contributed by atoms with E-state index in [-0.39, 0.29) is 0 Å². The zero-order chi connectivity index (χ0) is 14.5. The maximum atomic E-state index is 12.7. The molecule has 0 fully saturated rings. The molecule has 0 aliphatic heterocycles. The highest BCUT2D eigenvalue weighted by Crippen LogP contribution is 2.21. The molecular weight excluding hydrogens is 264 g/mol. The van der Waals surface area contributed by atoms with Crippen LogP contribution in [0, 0.1) is 0 Å². The molecule has 0 heterocycles. The van der Waals surface area contributed by atoms with E-state index in [2.05, 4.69) is 10.6 Å². The summed E-state index contributed by atoms with van der Waals surface area (Å²) in [6, 6.07) is 7.37. The summed E-state index contributed by atoms with van der Waals surface area (Å²) in [4.78, 5) is 11.6. The Morgan fingerprint density at radius 3 is 2.37 bits per heavy atom. The second-order valence-corrected chi connectivity index (χ2v) is 4.02. The van der Waals surface area contributed by atoms with Crippen molar-refractivity contribution in [3.8, 4) is 0 Å². The molecule has 1 unspecified atom stereocenters. The zero-order valence-corrected chi connectivity index (χ0v) is 10.2. The van der Waals surface area contributed by atoms with Crippen molar-refractivity contribution >= 4 is 11.6 Å². The highest BCUT2D eigenvalue weighted by molar-refractivity contribution is 5.94. The van der Waals surface area contributed by atoms with Crippen molar-refractivity contribution in [2.75, 3.05) is 11.9 Å². The number of halogens is 4. The van der Waals surface area contributed by atoms with Crippen LogP contribution in [0.1, 0.15) is 6.92 Å². The molecule has 0 radical (unpaired) electrons. The summed E-state index contributed by atoms with van der Waals surface area (Å²) in [6.45, 7) is 0.0634. The third kappa shape index (κ3) is 4.86. The van der Waals surface area contributed by atoms with Crippen LogP contribution in [0.4, 0.5) is 23.2 Å². The molecule has 0 saturated carbocycles. The number of benzene rings is 1.